The first-order chi connectivity index (χ1) is 10.7. The lowest BCUT2D eigenvalue weighted by molar-refractivity contribution is 0.0990. The van der Waals surface area contributed by atoms with Crippen LogP contribution < -0.4 is 9.88 Å². The number of hydrogen-bond acceptors (Lipinski definition) is 4. The average Bonchev–Trinajstić information content (AvgIpc) is 2.46. The normalized spacial score (nSPS) is 11.3. The molecule has 0 unspecified atom stereocenters. The second-order valence-corrected chi connectivity index (χ2v) is 7.57. The zero-order chi connectivity index (χ0) is 17.2. The van der Waals surface area contributed by atoms with Gasteiger partial charge in [-0.15, -0.1) is 0 Å². The van der Waals surface area contributed by atoms with Crippen LogP contribution in [-0.2, 0) is 16.4 Å². The van der Waals surface area contributed by atoms with Crippen LogP contribution in [0.5, 0.6) is 5.75 Å². The Morgan fingerprint density at radius 1 is 1.22 bits per heavy atom. The van der Waals surface area contributed by atoms with Crippen LogP contribution in [0, 0.1) is 6.92 Å². The molecule has 2 aromatic rings. The Bertz CT molecular complexity index is 845. The summed E-state index contributed by atoms with van der Waals surface area (Å²) in [6, 6.07) is 9.52. The van der Waals surface area contributed by atoms with Crippen LogP contribution in [0.4, 0.5) is 0 Å². The summed E-state index contributed by atoms with van der Waals surface area (Å²) in [5.74, 6) is 0.425. The predicted molar refractivity (Wildman–Crippen MR) is 91.3 cm³/mol. The van der Waals surface area contributed by atoms with E-state index < -0.39 is 10.0 Å². The lowest BCUT2D eigenvalue weighted by atomic mass is 10.0. The molecule has 0 amide bonds. The van der Waals surface area contributed by atoms with E-state index in [4.69, 9.17) is 9.88 Å². The zero-order valence-corrected chi connectivity index (χ0v) is 15.1. The first kappa shape index (κ1) is 17.7. The summed E-state index contributed by atoms with van der Waals surface area (Å²) in [5.41, 5.74) is 2.03. The van der Waals surface area contributed by atoms with Crippen molar-refractivity contribution < 1.29 is 17.9 Å². The smallest absolute Gasteiger partial charge is 0.238 e. The number of sulfonamides is 1. The third-order valence-electron chi connectivity index (χ3n) is 3.36. The van der Waals surface area contributed by atoms with E-state index in [0.717, 1.165) is 10.0 Å². The van der Waals surface area contributed by atoms with Gasteiger partial charge < -0.3 is 4.74 Å². The van der Waals surface area contributed by atoms with Crippen LogP contribution in [0.2, 0.25) is 0 Å². The molecule has 0 aliphatic heterocycles. The van der Waals surface area contributed by atoms with Crippen molar-refractivity contribution in [2.75, 3.05) is 7.11 Å². The maximum Gasteiger partial charge on any atom is 0.238 e. The van der Waals surface area contributed by atoms with E-state index in [1.54, 1.807) is 18.2 Å². The molecule has 0 aromatic heterocycles. The summed E-state index contributed by atoms with van der Waals surface area (Å²) < 4.78 is 28.6. The van der Waals surface area contributed by atoms with Crippen LogP contribution in [0.3, 0.4) is 0 Å². The number of carbonyl (C=O) groups is 1. The number of halogens is 1. The minimum absolute atomic E-state index is 0.0181. The van der Waals surface area contributed by atoms with Gasteiger partial charge in [0.25, 0.3) is 0 Å². The highest BCUT2D eigenvalue weighted by molar-refractivity contribution is 9.10. The van der Waals surface area contributed by atoms with Crippen molar-refractivity contribution in [3.8, 4) is 5.75 Å². The van der Waals surface area contributed by atoms with Crippen molar-refractivity contribution in [2.45, 2.75) is 18.2 Å². The first-order valence-electron chi connectivity index (χ1n) is 6.71. The van der Waals surface area contributed by atoms with Gasteiger partial charge in [-0.3, -0.25) is 4.79 Å². The van der Waals surface area contributed by atoms with Gasteiger partial charge in [0.05, 0.1) is 17.6 Å². The highest BCUT2D eigenvalue weighted by Gasteiger charge is 2.16. The Morgan fingerprint density at radius 2 is 1.83 bits per heavy atom. The Balaban J connectivity index is 2.29. The molecule has 0 fully saturated rings. The topological polar surface area (TPSA) is 86.5 Å². The monoisotopic (exact) mass is 397 g/mol. The fourth-order valence-electron chi connectivity index (χ4n) is 2.29. The summed E-state index contributed by atoms with van der Waals surface area (Å²) in [5, 5.41) is 5.05. The van der Waals surface area contributed by atoms with Crippen LogP contribution in [0.15, 0.2) is 45.8 Å². The summed E-state index contributed by atoms with van der Waals surface area (Å²) >= 11 is 3.37. The van der Waals surface area contributed by atoms with Crippen molar-refractivity contribution >= 4 is 31.7 Å². The fraction of sp³-hybridized carbons (Fsp3) is 0.188. The van der Waals surface area contributed by atoms with Gasteiger partial charge in [-0.2, -0.15) is 0 Å². The van der Waals surface area contributed by atoms with Gasteiger partial charge in [0.15, 0.2) is 5.78 Å². The Labute approximate surface area is 143 Å². The molecule has 122 valence electrons. The molecular formula is C16H16BrNO4S. The van der Waals surface area contributed by atoms with Gasteiger partial charge in [0.1, 0.15) is 5.75 Å². The molecule has 2 rings (SSSR count). The van der Waals surface area contributed by atoms with E-state index in [2.05, 4.69) is 15.9 Å². The summed E-state index contributed by atoms with van der Waals surface area (Å²) in [6.07, 6.45) is 0.136. The molecule has 0 spiro atoms. The molecule has 0 aliphatic carbocycles. The molecule has 7 heteroatoms. The predicted octanol–water partition coefficient (Wildman–Crippen LogP) is 2.84. The number of nitrogens with two attached hydrogens (primary N) is 1. The van der Waals surface area contributed by atoms with Gasteiger partial charge in [0, 0.05) is 10.9 Å². The van der Waals surface area contributed by atoms with Crippen LogP contribution in [0.1, 0.15) is 21.5 Å². The molecule has 0 saturated carbocycles. The van der Waals surface area contributed by atoms with Crippen molar-refractivity contribution in [3.63, 3.8) is 0 Å². The number of carbonyl (C=O) groups excluding carboxylic acids is 1. The molecule has 0 atom stereocenters. The van der Waals surface area contributed by atoms with Gasteiger partial charge in [-0.05, 0) is 42.3 Å². The molecule has 0 aliphatic rings. The van der Waals surface area contributed by atoms with E-state index in [0.29, 0.717) is 16.9 Å². The lowest BCUT2D eigenvalue weighted by Gasteiger charge is -2.11. The van der Waals surface area contributed by atoms with Gasteiger partial charge in [0.2, 0.25) is 10.0 Å². The Morgan fingerprint density at radius 3 is 2.35 bits per heavy atom. The number of ketones is 1. The van der Waals surface area contributed by atoms with Crippen LogP contribution in [0.25, 0.3) is 0 Å². The number of ether oxygens (including phenoxy) is 1. The molecule has 0 heterocycles. The van der Waals surface area contributed by atoms with Crippen LogP contribution >= 0.6 is 15.9 Å². The maximum absolute atomic E-state index is 12.5. The number of hydrogen-bond donors (Lipinski definition) is 1. The Kier molecular flexibility index (Phi) is 5.23. The quantitative estimate of drug-likeness (QED) is 0.785. The minimum Gasteiger partial charge on any atom is -0.496 e. The third kappa shape index (κ3) is 4.19. The van der Waals surface area contributed by atoms with E-state index >= 15 is 0 Å². The number of primary sulfonamides is 1. The summed E-state index contributed by atoms with van der Waals surface area (Å²) in [6.45, 7) is 1.86. The van der Waals surface area contributed by atoms with E-state index in [1.807, 2.05) is 13.0 Å². The molecule has 0 bridgehead atoms. The SMILES string of the molecule is COc1c(C)cc(Br)cc1C(=O)Cc1ccc(S(N)(=O)=O)cc1. The number of Topliss-reactive ketones (excluding diaryl/α,β-unsaturated/α-hetero) is 1. The number of methoxy groups -OCH3 is 1. The van der Waals surface area contributed by atoms with E-state index in [1.165, 1.54) is 19.2 Å². The van der Waals surface area contributed by atoms with Crippen molar-refractivity contribution in [2.24, 2.45) is 5.14 Å². The second-order valence-electron chi connectivity index (χ2n) is 5.09. The number of rotatable bonds is 5. The average molecular weight is 398 g/mol. The highest BCUT2D eigenvalue weighted by atomic mass is 79.9. The lowest BCUT2D eigenvalue weighted by Crippen LogP contribution is -2.12. The maximum atomic E-state index is 12.5. The molecule has 0 saturated heterocycles. The van der Waals surface area contributed by atoms with E-state index in [9.17, 15) is 13.2 Å². The molecule has 2 aromatic carbocycles. The molecular weight excluding hydrogens is 382 g/mol. The fourth-order valence-corrected chi connectivity index (χ4v) is 3.37. The van der Waals surface area contributed by atoms with Gasteiger partial charge in [-0.25, -0.2) is 13.6 Å². The molecule has 23 heavy (non-hydrogen) atoms. The molecule has 0 radical (unpaired) electrons. The van der Waals surface area contributed by atoms with Crippen molar-refractivity contribution in [3.05, 3.63) is 57.6 Å². The second kappa shape index (κ2) is 6.82. The van der Waals surface area contributed by atoms with Gasteiger partial charge >= 0.3 is 0 Å². The molecule has 2 N–H and O–H groups in total. The summed E-state index contributed by atoms with van der Waals surface area (Å²) in [7, 11) is -2.21. The van der Waals surface area contributed by atoms with Crippen molar-refractivity contribution in [1.29, 1.82) is 0 Å². The van der Waals surface area contributed by atoms with Gasteiger partial charge in [-0.1, -0.05) is 28.1 Å². The highest BCUT2D eigenvalue weighted by Crippen LogP contribution is 2.29. The Hall–Kier alpha value is -1.70. The van der Waals surface area contributed by atoms with Crippen molar-refractivity contribution in [1.82, 2.24) is 0 Å². The number of benzene rings is 2. The standard InChI is InChI=1S/C16H16BrNO4S/c1-10-7-12(17)9-14(16(10)22-2)15(19)8-11-3-5-13(6-4-11)23(18,20)21/h3-7,9H,8H2,1-2H3,(H2,18,20,21). The van der Waals surface area contributed by atoms with E-state index in [-0.39, 0.29) is 17.1 Å². The minimum atomic E-state index is -3.73. The zero-order valence-electron chi connectivity index (χ0n) is 12.7. The largest absolute Gasteiger partial charge is 0.496 e. The van der Waals surface area contributed by atoms with Crippen LogP contribution in [-0.4, -0.2) is 21.3 Å². The molecule has 5 nitrogen and oxygen atoms in total. The third-order valence-corrected chi connectivity index (χ3v) is 4.75. The number of aryl methyl sites for hydroxylation is 1. The first-order valence-corrected chi connectivity index (χ1v) is 9.05. The summed E-state index contributed by atoms with van der Waals surface area (Å²) in [4.78, 5) is 12.6.